The largest absolute Gasteiger partial charge is 0.355 e. The van der Waals surface area contributed by atoms with Gasteiger partial charge in [0, 0.05) is 25.1 Å². The minimum absolute atomic E-state index is 0.0404. The second-order valence-corrected chi connectivity index (χ2v) is 4.99. The lowest BCUT2D eigenvalue weighted by atomic mass is 10.2. The molecule has 7 nitrogen and oxygen atoms in total. The number of carbonyl (C=O) groups excluding carboxylic acids is 1. The van der Waals surface area contributed by atoms with Crippen LogP contribution in [-0.2, 0) is 4.79 Å². The van der Waals surface area contributed by atoms with Crippen molar-refractivity contribution in [1.82, 2.24) is 15.3 Å². The molecule has 20 heavy (non-hydrogen) atoms. The highest BCUT2D eigenvalue weighted by atomic mass is 16.2. The third-order valence-corrected chi connectivity index (χ3v) is 2.91. The molecule has 0 atom stereocenters. The Bertz CT molecular complexity index is 474. The minimum atomic E-state index is -0.0404. The number of aromatic nitrogens is 2. The van der Waals surface area contributed by atoms with Gasteiger partial charge in [0.1, 0.15) is 17.5 Å². The third-order valence-electron chi connectivity index (χ3n) is 2.91. The van der Waals surface area contributed by atoms with Crippen LogP contribution in [0.4, 0.5) is 11.6 Å². The molecule has 0 saturated heterocycles. The SMILES string of the molecule is CCNC(=O)CN(C)c1nc(C(C)C)nc(NN)c1C. The first-order valence-corrected chi connectivity index (χ1v) is 6.73. The molecule has 0 aliphatic rings. The first-order chi connectivity index (χ1) is 9.40. The molecule has 1 aromatic heterocycles. The topological polar surface area (TPSA) is 96.2 Å². The number of rotatable bonds is 6. The van der Waals surface area contributed by atoms with E-state index in [0.29, 0.717) is 24.0 Å². The van der Waals surface area contributed by atoms with Crippen LogP contribution in [0, 0.1) is 6.92 Å². The molecule has 112 valence electrons. The quantitative estimate of drug-likeness (QED) is 0.526. The zero-order chi connectivity index (χ0) is 15.3. The summed E-state index contributed by atoms with van der Waals surface area (Å²) in [7, 11) is 1.83. The van der Waals surface area contributed by atoms with E-state index in [4.69, 9.17) is 5.84 Å². The highest BCUT2D eigenvalue weighted by Crippen LogP contribution is 2.24. The fraction of sp³-hybridized carbons (Fsp3) is 0.615. The first kappa shape index (κ1) is 16.2. The van der Waals surface area contributed by atoms with Crippen LogP contribution < -0.4 is 21.5 Å². The Kier molecular flexibility index (Phi) is 5.69. The lowest BCUT2D eigenvalue weighted by molar-refractivity contribution is -0.119. The lowest BCUT2D eigenvalue weighted by Crippen LogP contribution is -2.36. The maximum Gasteiger partial charge on any atom is 0.239 e. The molecule has 0 bridgehead atoms. The average molecular weight is 280 g/mol. The highest BCUT2D eigenvalue weighted by Gasteiger charge is 2.17. The molecule has 0 aliphatic heterocycles. The normalized spacial score (nSPS) is 10.6. The Hall–Kier alpha value is -1.89. The van der Waals surface area contributed by atoms with Crippen molar-refractivity contribution in [2.45, 2.75) is 33.6 Å². The number of hydrazine groups is 1. The van der Waals surface area contributed by atoms with Gasteiger partial charge >= 0.3 is 0 Å². The van der Waals surface area contributed by atoms with E-state index in [0.717, 1.165) is 5.56 Å². The molecule has 4 N–H and O–H groups in total. The molecular formula is C13H24N6O. The average Bonchev–Trinajstić information content (AvgIpc) is 2.38. The van der Waals surface area contributed by atoms with Crippen molar-refractivity contribution in [3.05, 3.63) is 11.4 Å². The van der Waals surface area contributed by atoms with Crippen molar-refractivity contribution in [2.75, 3.05) is 30.5 Å². The van der Waals surface area contributed by atoms with Crippen molar-refractivity contribution < 1.29 is 4.79 Å². The van der Waals surface area contributed by atoms with Crippen LogP contribution in [0.1, 0.15) is 38.1 Å². The predicted molar refractivity (Wildman–Crippen MR) is 80.6 cm³/mol. The van der Waals surface area contributed by atoms with E-state index in [1.54, 1.807) is 4.90 Å². The smallest absolute Gasteiger partial charge is 0.239 e. The van der Waals surface area contributed by atoms with Gasteiger partial charge in [0.05, 0.1) is 6.54 Å². The van der Waals surface area contributed by atoms with Gasteiger partial charge in [0.2, 0.25) is 5.91 Å². The summed E-state index contributed by atoms with van der Waals surface area (Å²) in [5, 5.41) is 2.77. The summed E-state index contributed by atoms with van der Waals surface area (Å²) in [6.45, 7) is 8.65. The molecule has 0 spiro atoms. The molecule has 0 saturated carbocycles. The van der Waals surface area contributed by atoms with Crippen molar-refractivity contribution in [3.63, 3.8) is 0 Å². The summed E-state index contributed by atoms with van der Waals surface area (Å²) in [6, 6.07) is 0. The Morgan fingerprint density at radius 3 is 2.55 bits per heavy atom. The highest BCUT2D eigenvalue weighted by molar-refractivity contribution is 5.81. The number of nitrogens with one attached hydrogen (secondary N) is 2. The number of nitrogen functional groups attached to an aromatic ring is 1. The van der Waals surface area contributed by atoms with E-state index in [1.807, 2.05) is 34.7 Å². The van der Waals surface area contributed by atoms with Crippen LogP contribution in [-0.4, -0.2) is 36.0 Å². The summed E-state index contributed by atoms with van der Waals surface area (Å²) >= 11 is 0. The zero-order valence-electron chi connectivity index (χ0n) is 12.8. The zero-order valence-corrected chi connectivity index (χ0v) is 12.8. The van der Waals surface area contributed by atoms with E-state index in [9.17, 15) is 4.79 Å². The van der Waals surface area contributed by atoms with Crippen LogP contribution in [0.2, 0.25) is 0 Å². The fourth-order valence-electron chi connectivity index (χ4n) is 1.84. The second-order valence-electron chi connectivity index (χ2n) is 4.99. The van der Waals surface area contributed by atoms with E-state index in [-0.39, 0.29) is 18.4 Å². The summed E-state index contributed by atoms with van der Waals surface area (Å²) < 4.78 is 0. The standard InChI is InChI=1S/C13H24N6O/c1-6-15-10(20)7-19(5)13-9(4)12(18-14)16-11(17-13)8(2)3/h8H,6-7,14H2,1-5H3,(H,15,20)(H,16,17,18). The summed E-state index contributed by atoms with van der Waals surface area (Å²) in [6.07, 6.45) is 0. The number of likely N-dealkylation sites (N-methyl/N-ethyl adjacent to an activating group) is 2. The summed E-state index contributed by atoms with van der Waals surface area (Å²) in [4.78, 5) is 22.4. The molecule has 0 aromatic carbocycles. The van der Waals surface area contributed by atoms with Crippen molar-refractivity contribution in [1.29, 1.82) is 0 Å². The van der Waals surface area contributed by atoms with Gasteiger partial charge < -0.3 is 15.6 Å². The van der Waals surface area contributed by atoms with E-state index in [2.05, 4.69) is 20.7 Å². The number of hydrogen-bond donors (Lipinski definition) is 3. The van der Waals surface area contributed by atoms with Crippen LogP contribution >= 0.6 is 0 Å². The minimum Gasteiger partial charge on any atom is -0.355 e. The molecule has 0 fully saturated rings. The van der Waals surface area contributed by atoms with Gasteiger partial charge in [-0.05, 0) is 13.8 Å². The van der Waals surface area contributed by atoms with E-state index >= 15 is 0 Å². The number of amides is 1. The second kappa shape index (κ2) is 7.04. The number of hydrogen-bond acceptors (Lipinski definition) is 6. The van der Waals surface area contributed by atoms with Gasteiger partial charge in [-0.3, -0.25) is 4.79 Å². The molecule has 1 amide bonds. The van der Waals surface area contributed by atoms with Crippen LogP contribution in [0.15, 0.2) is 0 Å². The molecule has 1 rings (SSSR count). The van der Waals surface area contributed by atoms with Crippen molar-refractivity contribution >= 4 is 17.5 Å². The van der Waals surface area contributed by atoms with Gasteiger partial charge in [-0.25, -0.2) is 15.8 Å². The molecule has 0 radical (unpaired) electrons. The molecule has 0 unspecified atom stereocenters. The monoisotopic (exact) mass is 280 g/mol. The maximum absolute atomic E-state index is 11.7. The third kappa shape index (κ3) is 3.80. The Balaban J connectivity index is 3.08. The molecule has 1 aromatic rings. The van der Waals surface area contributed by atoms with Crippen LogP contribution in [0.25, 0.3) is 0 Å². The lowest BCUT2D eigenvalue weighted by Gasteiger charge is -2.22. The molecule has 0 aliphatic carbocycles. The summed E-state index contributed by atoms with van der Waals surface area (Å²) in [5.41, 5.74) is 3.41. The Morgan fingerprint density at radius 1 is 1.40 bits per heavy atom. The number of carbonyl (C=O) groups is 1. The van der Waals surface area contributed by atoms with Crippen molar-refractivity contribution in [3.8, 4) is 0 Å². The first-order valence-electron chi connectivity index (χ1n) is 6.73. The molecule has 1 heterocycles. The fourth-order valence-corrected chi connectivity index (χ4v) is 1.84. The van der Waals surface area contributed by atoms with Crippen molar-refractivity contribution in [2.24, 2.45) is 5.84 Å². The number of nitrogens with zero attached hydrogens (tertiary/aromatic N) is 3. The molecule has 7 heteroatoms. The number of nitrogens with two attached hydrogens (primary N) is 1. The van der Waals surface area contributed by atoms with Gasteiger partial charge in [-0.2, -0.15) is 0 Å². The summed E-state index contributed by atoms with van der Waals surface area (Å²) in [5.74, 6) is 7.63. The van der Waals surface area contributed by atoms with Gasteiger partial charge in [0.25, 0.3) is 0 Å². The Morgan fingerprint density at radius 2 is 2.05 bits per heavy atom. The maximum atomic E-state index is 11.7. The number of anilines is 2. The van der Waals surface area contributed by atoms with Crippen LogP contribution in [0.5, 0.6) is 0 Å². The Labute approximate surface area is 119 Å². The van der Waals surface area contributed by atoms with Gasteiger partial charge in [-0.15, -0.1) is 0 Å². The van der Waals surface area contributed by atoms with Gasteiger partial charge in [0.15, 0.2) is 0 Å². The van der Waals surface area contributed by atoms with E-state index < -0.39 is 0 Å². The predicted octanol–water partition coefficient (Wildman–Crippen LogP) is 0.766. The van der Waals surface area contributed by atoms with Crippen LogP contribution in [0.3, 0.4) is 0 Å². The van der Waals surface area contributed by atoms with Gasteiger partial charge in [-0.1, -0.05) is 13.8 Å². The van der Waals surface area contributed by atoms with E-state index in [1.165, 1.54) is 0 Å². The molecular weight excluding hydrogens is 256 g/mol.